The average molecular weight is 689 g/mol. The topological polar surface area (TPSA) is 112 Å². The number of methoxy groups -OCH3 is 2. The molecule has 4 aromatic rings. The highest BCUT2D eigenvalue weighted by molar-refractivity contribution is 9.10. The van der Waals surface area contributed by atoms with Crippen molar-refractivity contribution in [3.8, 4) is 23.3 Å². The van der Waals surface area contributed by atoms with Gasteiger partial charge < -0.3 is 18.9 Å². The first-order chi connectivity index (χ1) is 21.6. The second-order valence-corrected chi connectivity index (χ2v) is 12.3. The van der Waals surface area contributed by atoms with Crippen LogP contribution >= 0.6 is 27.3 Å². The van der Waals surface area contributed by atoms with Crippen molar-refractivity contribution < 1.29 is 23.7 Å². The average Bonchev–Trinajstić information content (AvgIpc) is 3.32. The van der Waals surface area contributed by atoms with Gasteiger partial charge in [-0.2, -0.15) is 5.26 Å². The highest BCUT2D eigenvalue weighted by Gasteiger charge is 2.34. The van der Waals surface area contributed by atoms with Gasteiger partial charge in [0.25, 0.3) is 5.56 Å². The van der Waals surface area contributed by atoms with E-state index in [1.54, 1.807) is 65.3 Å². The third-order valence-corrected chi connectivity index (χ3v) is 8.58. The lowest BCUT2D eigenvalue weighted by molar-refractivity contribution is -0.143. The minimum Gasteiger partial charge on any atom is -0.497 e. The molecule has 0 bridgehead atoms. The molecule has 3 aromatic carbocycles. The maximum atomic E-state index is 14.1. The number of rotatable bonds is 9. The summed E-state index contributed by atoms with van der Waals surface area (Å²) < 4.78 is 25.3. The zero-order valence-electron chi connectivity index (χ0n) is 25.3. The Balaban J connectivity index is 1.56. The number of nitrogens with zero attached hydrogens (tertiary/aromatic N) is 3. The summed E-state index contributed by atoms with van der Waals surface area (Å²) in [6.07, 6.45) is 1.41. The minimum atomic E-state index is -0.760. The first-order valence-electron chi connectivity index (χ1n) is 14.0. The van der Waals surface area contributed by atoms with Gasteiger partial charge in [-0.1, -0.05) is 35.6 Å². The summed E-state index contributed by atoms with van der Waals surface area (Å²) in [5, 5.41) is 9.04. The molecule has 11 heteroatoms. The van der Waals surface area contributed by atoms with Gasteiger partial charge in [0.15, 0.2) is 16.3 Å². The van der Waals surface area contributed by atoms with Crippen LogP contribution < -0.4 is 29.1 Å². The first-order valence-corrected chi connectivity index (χ1v) is 15.6. The van der Waals surface area contributed by atoms with Crippen LogP contribution in [0.25, 0.3) is 6.08 Å². The fourth-order valence-corrected chi connectivity index (χ4v) is 6.55. The van der Waals surface area contributed by atoms with Crippen LogP contribution in [0.2, 0.25) is 0 Å². The predicted octanol–water partition coefficient (Wildman–Crippen LogP) is 5.42. The van der Waals surface area contributed by atoms with E-state index in [0.717, 1.165) is 5.56 Å². The fourth-order valence-electron chi connectivity index (χ4n) is 4.93. The number of esters is 1. The van der Waals surface area contributed by atoms with Gasteiger partial charge in [0, 0.05) is 0 Å². The minimum absolute atomic E-state index is 0.268. The third kappa shape index (κ3) is 6.72. The van der Waals surface area contributed by atoms with Crippen molar-refractivity contribution in [2.24, 2.45) is 4.99 Å². The second kappa shape index (κ2) is 13.5. The molecule has 0 aliphatic carbocycles. The summed E-state index contributed by atoms with van der Waals surface area (Å²) in [5.74, 6) is 1.04. The molecule has 0 saturated heterocycles. The van der Waals surface area contributed by atoms with Gasteiger partial charge in [-0.05, 0) is 95.9 Å². The monoisotopic (exact) mass is 687 g/mol. The first kappa shape index (κ1) is 31.8. The lowest BCUT2D eigenvalue weighted by Gasteiger charge is -2.25. The van der Waals surface area contributed by atoms with E-state index >= 15 is 0 Å². The van der Waals surface area contributed by atoms with E-state index < -0.39 is 12.0 Å². The molecule has 230 valence electrons. The summed E-state index contributed by atoms with van der Waals surface area (Å²) in [6.45, 7) is 5.57. The van der Waals surface area contributed by atoms with E-state index in [1.165, 1.54) is 15.9 Å². The highest BCUT2D eigenvalue weighted by Crippen LogP contribution is 2.38. The molecule has 2 heterocycles. The number of carbonyl (C=O) groups is 1. The van der Waals surface area contributed by atoms with Crippen LogP contribution in [0, 0.1) is 11.3 Å². The summed E-state index contributed by atoms with van der Waals surface area (Å²) in [5.41, 5.74) is 3.33. The van der Waals surface area contributed by atoms with Gasteiger partial charge in [0.1, 0.15) is 12.4 Å². The van der Waals surface area contributed by atoms with Gasteiger partial charge in [-0.15, -0.1) is 0 Å². The molecule has 0 saturated carbocycles. The molecule has 45 heavy (non-hydrogen) atoms. The van der Waals surface area contributed by atoms with Crippen LogP contribution in [0.15, 0.2) is 86.2 Å². The molecule has 1 aromatic heterocycles. The van der Waals surface area contributed by atoms with Crippen molar-refractivity contribution in [3.63, 3.8) is 0 Å². The number of thiazole rings is 1. The van der Waals surface area contributed by atoms with E-state index in [1.807, 2.05) is 36.4 Å². The molecule has 0 radical (unpaired) electrons. The van der Waals surface area contributed by atoms with E-state index in [0.29, 0.717) is 59.0 Å². The van der Waals surface area contributed by atoms with Crippen molar-refractivity contribution in [1.82, 2.24) is 4.57 Å². The number of allylic oxidation sites excluding steroid dienone is 1. The number of ether oxygens (including phenoxy) is 4. The van der Waals surface area contributed by atoms with Crippen LogP contribution in [0.1, 0.15) is 49.1 Å². The molecule has 0 unspecified atom stereocenters. The molecule has 0 N–H and O–H groups in total. The Morgan fingerprint density at radius 3 is 2.56 bits per heavy atom. The van der Waals surface area contributed by atoms with Gasteiger partial charge in [-0.3, -0.25) is 9.36 Å². The molecule has 5 rings (SSSR count). The second-order valence-electron chi connectivity index (χ2n) is 10.4. The number of hydrogen-bond donors (Lipinski definition) is 0. The quantitative estimate of drug-likeness (QED) is 0.216. The number of fused-ring (bicyclic) bond motifs is 1. The summed E-state index contributed by atoms with van der Waals surface area (Å²) in [7, 11) is 3.11. The van der Waals surface area contributed by atoms with Crippen LogP contribution in [0.3, 0.4) is 0 Å². The number of nitriles is 1. The van der Waals surface area contributed by atoms with Gasteiger partial charge >= 0.3 is 5.97 Å². The Morgan fingerprint density at radius 2 is 1.89 bits per heavy atom. The van der Waals surface area contributed by atoms with Crippen molar-refractivity contribution in [3.05, 3.63) is 118 Å². The zero-order valence-corrected chi connectivity index (χ0v) is 27.7. The molecule has 0 fully saturated rings. The zero-order chi connectivity index (χ0) is 32.2. The van der Waals surface area contributed by atoms with Crippen molar-refractivity contribution >= 4 is 39.3 Å². The molecular weight excluding hydrogens is 658 g/mol. The molecule has 0 amide bonds. The summed E-state index contributed by atoms with van der Waals surface area (Å²) >= 11 is 4.82. The fraction of sp³-hybridized carbons (Fsp3) is 0.235. The Hall–Kier alpha value is -4.66. The van der Waals surface area contributed by atoms with E-state index in [4.69, 9.17) is 24.2 Å². The van der Waals surface area contributed by atoms with Gasteiger partial charge in [-0.25, -0.2) is 9.79 Å². The number of carbonyl (C=O) groups excluding carboxylic acids is 1. The molecule has 1 atom stereocenters. The van der Waals surface area contributed by atoms with Crippen molar-refractivity contribution in [2.75, 3.05) is 14.2 Å². The summed E-state index contributed by atoms with van der Waals surface area (Å²) in [6, 6.07) is 19.4. The number of hydrogen-bond acceptors (Lipinski definition) is 9. The largest absolute Gasteiger partial charge is 0.497 e. The Kier molecular flexibility index (Phi) is 9.56. The Labute approximate surface area is 272 Å². The molecule has 9 nitrogen and oxygen atoms in total. The van der Waals surface area contributed by atoms with Gasteiger partial charge in [0.2, 0.25) is 0 Å². The SMILES string of the molecule is COc1cccc([C@@H]2C(C(=O)OC(C)C)=C(C)N=c3s/c(=C\c4cc(Br)c(OCc5ccc(C#N)cc5)c(OC)c4)c(=O)n32)c1. The molecular formula is C34H30BrN3O6S. The third-order valence-electron chi connectivity index (χ3n) is 7.01. The lowest BCUT2D eigenvalue weighted by atomic mass is 9.95. The maximum absolute atomic E-state index is 14.1. The standard InChI is InChI=1S/C34H30BrN3O6S/c1-19(2)44-33(40)29-20(3)37-34-38(30(29)24-7-6-8-25(16-24)41-4)32(39)28(45-34)15-23-13-26(35)31(27(14-23)42-5)43-18-22-11-9-21(17-36)10-12-22/h6-16,19,30H,18H2,1-5H3/b28-15-/t30-/m1/s1. The van der Waals surface area contributed by atoms with Crippen molar-refractivity contribution in [2.45, 2.75) is 39.5 Å². The lowest BCUT2D eigenvalue weighted by Crippen LogP contribution is -2.40. The Bertz CT molecular complexity index is 2020. The van der Waals surface area contributed by atoms with Crippen LogP contribution in [0.5, 0.6) is 17.2 Å². The normalized spacial score (nSPS) is 14.4. The van der Waals surface area contributed by atoms with E-state index in [9.17, 15) is 9.59 Å². The molecule has 1 aliphatic heterocycles. The summed E-state index contributed by atoms with van der Waals surface area (Å²) in [4.78, 5) is 32.5. The van der Waals surface area contributed by atoms with Crippen LogP contribution in [0.4, 0.5) is 0 Å². The number of aromatic nitrogens is 1. The number of benzene rings is 3. The molecule has 0 spiro atoms. The smallest absolute Gasteiger partial charge is 0.338 e. The van der Waals surface area contributed by atoms with E-state index in [2.05, 4.69) is 27.0 Å². The Morgan fingerprint density at radius 1 is 1.13 bits per heavy atom. The van der Waals surface area contributed by atoms with Gasteiger partial charge in [0.05, 0.1) is 58.3 Å². The van der Waals surface area contributed by atoms with Crippen LogP contribution in [-0.4, -0.2) is 30.9 Å². The predicted molar refractivity (Wildman–Crippen MR) is 174 cm³/mol. The van der Waals surface area contributed by atoms with Crippen molar-refractivity contribution in [1.29, 1.82) is 5.26 Å². The van der Waals surface area contributed by atoms with E-state index in [-0.39, 0.29) is 18.3 Å². The van der Waals surface area contributed by atoms with Crippen LogP contribution in [-0.2, 0) is 16.1 Å². The molecule has 1 aliphatic rings. The highest BCUT2D eigenvalue weighted by atomic mass is 79.9. The number of halogens is 1. The maximum Gasteiger partial charge on any atom is 0.338 e.